The smallest absolute Gasteiger partial charge is 0.416 e. The summed E-state index contributed by atoms with van der Waals surface area (Å²) < 4.78 is 60.4. The van der Waals surface area contributed by atoms with Crippen LogP contribution >= 0.6 is 11.6 Å². The molecule has 0 radical (unpaired) electrons. The van der Waals surface area contributed by atoms with Gasteiger partial charge in [0, 0.05) is 24.7 Å². The number of hydrogen-bond donors (Lipinski definition) is 1. The van der Waals surface area contributed by atoms with Crippen molar-refractivity contribution in [3.8, 4) is 0 Å². The fourth-order valence-corrected chi connectivity index (χ4v) is 3.88. The molecule has 2 aromatic carbocycles. The molecule has 170 valence electrons. The van der Waals surface area contributed by atoms with E-state index in [1.165, 1.54) is 18.7 Å². The minimum absolute atomic E-state index is 0.0944. The van der Waals surface area contributed by atoms with Crippen LogP contribution in [0.4, 0.5) is 17.6 Å². The van der Waals surface area contributed by atoms with Crippen LogP contribution < -0.4 is 5.32 Å². The number of hydrogen-bond acceptors (Lipinski definition) is 3. The number of pyridine rings is 1. The third-order valence-electron chi connectivity index (χ3n) is 5.37. The van der Waals surface area contributed by atoms with Gasteiger partial charge in [-0.15, -0.1) is 0 Å². The molecule has 0 spiro atoms. The normalized spacial score (nSPS) is 13.6. The molecular weight excluding hydrogens is 456 g/mol. The molecule has 0 fully saturated rings. The van der Waals surface area contributed by atoms with Gasteiger partial charge in [0.05, 0.1) is 34.3 Å². The summed E-state index contributed by atoms with van der Waals surface area (Å²) in [4.78, 5) is 4.42. The minimum atomic E-state index is -4.71. The highest BCUT2D eigenvalue weighted by molar-refractivity contribution is 6.30. The van der Waals surface area contributed by atoms with Crippen molar-refractivity contribution in [2.45, 2.75) is 24.7 Å². The Bertz CT molecular complexity index is 1200. The van der Waals surface area contributed by atoms with E-state index in [9.17, 15) is 17.6 Å². The zero-order chi connectivity index (χ0) is 23.5. The Kier molecular flexibility index (Phi) is 6.54. The van der Waals surface area contributed by atoms with Crippen molar-refractivity contribution in [2.75, 3.05) is 0 Å². The predicted molar refractivity (Wildman–Crippen MR) is 117 cm³/mol. The van der Waals surface area contributed by atoms with Crippen molar-refractivity contribution < 1.29 is 22.0 Å². The molecule has 3 nitrogen and oxygen atoms in total. The first kappa shape index (κ1) is 23.0. The molecule has 0 saturated heterocycles. The molecule has 2 aromatic heterocycles. The summed E-state index contributed by atoms with van der Waals surface area (Å²) in [5, 5.41) is 3.72. The van der Waals surface area contributed by atoms with Crippen molar-refractivity contribution in [3.05, 3.63) is 124 Å². The number of halogens is 5. The summed E-state index contributed by atoms with van der Waals surface area (Å²) in [5.74, 6) is -0.990. The van der Waals surface area contributed by atoms with Crippen LogP contribution in [-0.4, -0.2) is 4.98 Å². The fraction of sp³-hybridized carbons (Fsp3) is 0.160. The van der Waals surface area contributed by atoms with E-state index in [4.69, 9.17) is 16.0 Å². The maximum atomic E-state index is 14.5. The maximum Gasteiger partial charge on any atom is 0.416 e. The molecule has 0 amide bonds. The van der Waals surface area contributed by atoms with Gasteiger partial charge >= 0.3 is 6.18 Å². The molecule has 0 saturated carbocycles. The van der Waals surface area contributed by atoms with Crippen LogP contribution in [-0.2, 0) is 24.7 Å². The molecule has 33 heavy (non-hydrogen) atoms. The zero-order valence-electron chi connectivity index (χ0n) is 17.2. The quantitative estimate of drug-likeness (QED) is 0.301. The van der Waals surface area contributed by atoms with Crippen LogP contribution in [0.5, 0.6) is 0 Å². The van der Waals surface area contributed by atoms with Crippen molar-refractivity contribution in [2.24, 2.45) is 0 Å². The lowest BCUT2D eigenvalue weighted by molar-refractivity contribution is -0.137. The van der Waals surface area contributed by atoms with Gasteiger partial charge < -0.3 is 4.42 Å². The number of benzene rings is 2. The number of aromatic nitrogens is 1. The third kappa shape index (κ3) is 5.26. The summed E-state index contributed by atoms with van der Waals surface area (Å²) in [7, 11) is 0. The molecule has 2 heterocycles. The predicted octanol–water partition coefficient (Wildman–Crippen LogP) is 6.76. The van der Waals surface area contributed by atoms with Gasteiger partial charge in [0.25, 0.3) is 0 Å². The summed E-state index contributed by atoms with van der Waals surface area (Å²) in [6.45, 7) is 0.242. The molecule has 0 bridgehead atoms. The standard InChI is InChI=1S/C25H19ClF4N2O/c26-21-6-7-23(31-15-21)24(13-17-4-2-1-3-5-17,32-14-18-8-9-33-16-18)19-10-20(25(28,29)30)12-22(27)11-19/h1-12,15-16,32H,13-14H2. The highest BCUT2D eigenvalue weighted by Crippen LogP contribution is 2.38. The monoisotopic (exact) mass is 474 g/mol. The van der Waals surface area contributed by atoms with E-state index >= 15 is 0 Å². The topological polar surface area (TPSA) is 38.1 Å². The van der Waals surface area contributed by atoms with Crippen molar-refractivity contribution in [3.63, 3.8) is 0 Å². The van der Waals surface area contributed by atoms with Gasteiger partial charge in [-0.05, 0) is 47.5 Å². The Morgan fingerprint density at radius 3 is 2.30 bits per heavy atom. The summed E-state index contributed by atoms with van der Waals surface area (Å²) >= 11 is 6.03. The van der Waals surface area contributed by atoms with Crippen molar-refractivity contribution in [1.29, 1.82) is 0 Å². The van der Waals surface area contributed by atoms with Gasteiger partial charge in [0.1, 0.15) is 5.82 Å². The van der Waals surface area contributed by atoms with E-state index in [-0.39, 0.29) is 18.5 Å². The van der Waals surface area contributed by atoms with E-state index < -0.39 is 23.1 Å². The molecule has 1 unspecified atom stereocenters. The van der Waals surface area contributed by atoms with Crippen molar-refractivity contribution in [1.82, 2.24) is 10.3 Å². The van der Waals surface area contributed by atoms with E-state index in [0.29, 0.717) is 16.8 Å². The Balaban J connectivity index is 1.93. The van der Waals surface area contributed by atoms with E-state index in [1.807, 2.05) is 30.3 Å². The summed E-state index contributed by atoms with van der Waals surface area (Å²) in [6, 6.07) is 16.7. The molecular formula is C25H19ClF4N2O. The first-order valence-electron chi connectivity index (χ1n) is 10.1. The second-order valence-electron chi connectivity index (χ2n) is 7.64. The third-order valence-corrected chi connectivity index (χ3v) is 5.59. The van der Waals surface area contributed by atoms with Gasteiger partial charge in [0.2, 0.25) is 0 Å². The number of furan rings is 1. The highest BCUT2D eigenvalue weighted by atomic mass is 35.5. The first-order valence-corrected chi connectivity index (χ1v) is 10.4. The molecule has 0 aliphatic rings. The molecule has 4 aromatic rings. The fourth-order valence-electron chi connectivity index (χ4n) is 3.77. The largest absolute Gasteiger partial charge is 0.472 e. The van der Waals surface area contributed by atoms with Crippen LogP contribution in [0.1, 0.15) is 27.9 Å². The molecule has 1 N–H and O–H groups in total. The van der Waals surface area contributed by atoms with Crippen LogP contribution in [0.3, 0.4) is 0 Å². The van der Waals surface area contributed by atoms with Gasteiger partial charge in [-0.25, -0.2) is 4.39 Å². The lowest BCUT2D eigenvalue weighted by atomic mass is 9.79. The molecule has 1 atom stereocenters. The number of rotatable bonds is 7. The number of nitrogens with one attached hydrogen (secondary N) is 1. The first-order chi connectivity index (χ1) is 15.8. The van der Waals surface area contributed by atoms with Gasteiger partial charge in [-0.1, -0.05) is 41.9 Å². The Morgan fingerprint density at radius 2 is 1.67 bits per heavy atom. The lowest BCUT2D eigenvalue weighted by Crippen LogP contribution is -2.46. The van der Waals surface area contributed by atoms with Gasteiger partial charge in [0.15, 0.2) is 0 Å². The minimum Gasteiger partial charge on any atom is -0.472 e. The van der Waals surface area contributed by atoms with Crippen LogP contribution in [0.15, 0.2) is 89.9 Å². The summed E-state index contributed by atoms with van der Waals surface area (Å²) in [6.07, 6.45) is -0.0584. The highest BCUT2D eigenvalue weighted by Gasteiger charge is 2.39. The summed E-state index contributed by atoms with van der Waals surface area (Å²) in [5.41, 5.74) is -0.282. The number of alkyl halides is 3. The van der Waals surface area contributed by atoms with Crippen LogP contribution in [0.25, 0.3) is 0 Å². The van der Waals surface area contributed by atoms with Gasteiger partial charge in [-0.3, -0.25) is 10.3 Å². The van der Waals surface area contributed by atoms with E-state index in [0.717, 1.165) is 23.3 Å². The van der Waals surface area contributed by atoms with E-state index in [2.05, 4.69) is 10.3 Å². The maximum absolute atomic E-state index is 14.5. The molecule has 8 heteroatoms. The average Bonchev–Trinajstić information content (AvgIpc) is 3.31. The Labute approximate surface area is 193 Å². The SMILES string of the molecule is Fc1cc(C(F)(F)F)cc(C(Cc2ccccc2)(NCc2ccoc2)c2ccc(Cl)cn2)c1. The van der Waals surface area contributed by atoms with Gasteiger partial charge in [-0.2, -0.15) is 13.2 Å². The van der Waals surface area contributed by atoms with E-state index in [1.54, 1.807) is 18.2 Å². The Morgan fingerprint density at radius 1 is 0.909 bits per heavy atom. The second-order valence-corrected chi connectivity index (χ2v) is 8.08. The van der Waals surface area contributed by atoms with Crippen LogP contribution in [0.2, 0.25) is 5.02 Å². The van der Waals surface area contributed by atoms with Crippen molar-refractivity contribution >= 4 is 11.6 Å². The average molecular weight is 475 g/mol. The molecule has 0 aliphatic heterocycles. The second kappa shape index (κ2) is 9.37. The molecule has 0 aliphatic carbocycles. The number of nitrogens with zero attached hydrogens (tertiary/aromatic N) is 1. The lowest BCUT2D eigenvalue weighted by Gasteiger charge is -2.36. The molecule has 4 rings (SSSR count). The van der Waals surface area contributed by atoms with Crippen LogP contribution in [0, 0.1) is 5.82 Å². The zero-order valence-corrected chi connectivity index (χ0v) is 18.0. The Hall–Kier alpha value is -3.16.